The first-order valence-corrected chi connectivity index (χ1v) is 8.35. The van der Waals surface area contributed by atoms with E-state index in [9.17, 15) is 13.2 Å². The molecule has 1 N–H and O–H groups in total. The molecular formula is C13H18N2O4S. The smallest absolute Gasteiger partial charge is 0.247 e. The molecule has 2 heterocycles. The molecular weight excluding hydrogens is 280 g/mol. The van der Waals surface area contributed by atoms with Gasteiger partial charge in [0.2, 0.25) is 15.6 Å². The predicted molar refractivity (Wildman–Crippen MR) is 73.0 cm³/mol. The van der Waals surface area contributed by atoms with Crippen LogP contribution in [0.3, 0.4) is 0 Å². The zero-order chi connectivity index (χ0) is 14.2. The number of nitrogens with zero attached hydrogens (tertiary/aromatic N) is 1. The van der Waals surface area contributed by atoms with Gasteiger partial charge in [-0.25, -0.2) is 8.42 Å². The zero-order valence-corrected chi connectivity index (χ0v) is 11.9. The zero-order valence-electron chi connectivity index (χ0n) is 11.1. The van der Waals surface area contributed by atoms with Gasteiger partial charge in [0.15, 0.2) is 0 Å². The van der Waals surface area contributed by atoms with Gasteiger partial charge in [-0.05, 0) is 18.9 Å². The first kappa shape index (κ1) is 13.8. The summed E-state index contributed by atoms with van der Waals surface area (Å²) in [6.45, 7) is 0.812. The summed E-state index contributed by atoms with van der Waals surface area (Å²) in [6, 6.07) is 2.53. The molecule has 1 aliphatic carbocycles. The number of aromatic amines is 1. The van der Waals surface area contributed by atoms with Gasteiger partial charge in [0.05, 0.1) is 23.6 Å². The Morgan fingerprint density at radius 3 is 2.80 bits per heavy atom. The maximum absolute atomic E-state index is 12.7. The Morgan fingerprint density at radius 1 is 1.25 bits per heavy atom. The van der Waals surface area contributed by atoms with Crippen molar-refractivity contribution in [2.45, 2.75) is 42.7 Å². The van der Waals surface area contributed by atoms with Gasteiger partial charge in [-0.2, -0.15) is 4.31 Å². The maximum atomic E-state index is 12.7. The van der Waals surface area contributed by atoms with Crippen LogP contribution in [0.5, 0.6) is 0 Å². The Kier molecular flexibility index (Phi) is 3.66. The van der Waals surface area contributed by atoms with Crippen LogP contribution in [0.25, 0.3) is 0 Å². The standard InChI is InChI=1S/C13H18N2O4S/c16-13-6-5-10(9-14-13)20(17,18)15-7-8-19-12-4-2-1-3-11(12)15/h5-6,9,11-12H,1-4,7-8H2,(H,14,16). The summed E-state index contributed by atoms with van der Waals surface area (Å²) in [5.74, 6) is 0. The van der Waals surface area contributed by atoms with Crippen molar-refractivity contribution in [1.82, 2.24) is 9.29 Å². The number of nitrogens with one attached hydrogen (secondary N) is 1. The first-order valence-electron chi connectivity index (χ1n) is 6.91. The molecule has 1 aliphatic heterocycles. The van der Waals surface area contributed by atoms with E-state index in [0.717, 1.165) is 25.7 Å². The molecule has 0 radical (unpaired) electrons. The van der Waals surface area contributed by atoms with Gasteiger partial charge < -0.3 is 9.72 Å². The van der Waals surface area contributed by atoms with Crippen molar-refractivity contribution < 1.29 is 13.2 Å². The van der Waals surface area contributed by atoms with Gasteiger partial charge >= 0.3 is 0 Å². The lowest BCUT2D eigenvalue weighted by Gasteiger charge is -2.42. The summed E-state index contributed by atoms with van der Waals surface area (Å²) in [5, 5.41) is 0. The van der Waals surface area contributed by atoms with E-state index in [-0.39, 0.29) is 22.6 Å². The molecule has 7 heteroatoms. The van der Waals surface area contributed by atoms with Gasteiger partial charge in [-0.15, -0.1) is 0 Å². The lowest BCUT2D eigenvalue weighted by molar-refractivity contribution is -0.0586. The molecule has 0 bridgehead atoms. The number of aromatic nitrogens is 1. The molecule has 20 heavy (non-hydrogen) atoms. The van der Waals surface area contributed by atoms with E-state index in [0.29, 0.717) is 13.2 Å². The maximum Gasteiger partial charge on any atom is 0.247 e. The third kappa shape index (κ3) is 2.41. The average molecular weight is 298 g/mol. The van der Waals surface area contributed by atoms with Crippen LogP contribution in [0.2, 0.25) is 0 Å². The molecule has 2 fully saturated rings. The Balaban J connectivity index is 1.93. The molecule has 1 aromatic heterocycles. The van der Waals surface area contributed by atoms with Gasteiger partial charge in [-0.3, -0.25) is 4.79 Å². The number of morpholine rings is 1. The minimum Gasteiger partial charge on any atom is -0.375 e. The SMILES string of the molecule is O=c1ccc(S(=O)(=O)N2CCOC3CCCCC32)c[nH]1. The molecule has 0 aromatic carbocycles. The summed E-state index contributed by atoms with van der Waals surface area (Å²) in [4.78, 5) is 13.6. The molecule has 110 valence electrons. The molecule has 3 rings (SSSR count). The summed E-state index contributed by atoms with van der Waals surface area (Å²) in [7, 11) is -3.57. The number of H-pyrrole nitrogens is 1. The fourth-order valence-corrected chi connectivity index (χ4v) is 4.68. The monoisotopic (exact) mass is 298 g/mol. The second-order valence-electron chi connectivity index (χ2n) is 5.27. The summed E-state index contributed by atoms with van der Waals surface area (Å²) in [6.07, 6.45) is 5.16. The van der Waals surface area contributed by atoms with Crippen LogP contribution in [-0.2, 0) is 14.8 Å². The van der Waals surface area contributed by atoms with E-state index in [1.54, 1.807) is 4.31 Å². The van der Waals surface area contributed by atoms with Crippen LogP contribution in [0.4, 0.5) is 0 Å². The van der Waals surface area contributed by atoms with Gasteiger partial charge in [0.25, 0.3) is 0 Å². The molecule has 2 aliphatic rings. The fourth-order valence-electron chi connectivity index (χ4n) is 3.05. The van der Waals surface area contributed by atoms with E-state index < -0.39 is 10.0 Å². The quantitative estimate of drug-likeness (QED) is 0.872. The summed E-state index contributed by atoms with van der Waals surface area (Å²) in [5.41, 5.74) is -0.304. The lowest BCUT2D eigenvalue weighted by Crippen LogP contribution is -2.54. The van der Waals surface area contributed by atoms with Crippen molar-refractivity contribution in [2.24, 2.45) is 0 Å². The average Bonchev–Trinajstić information content (AvgIpc) is 2.47. The van der Waals surface area contributed by atoms with E-state index in [1.165, 1.54) is 18.3 Å². The minimum absolute atomic E-state index is 0.00929. The lowest BCUT2D eigenvalue weighted by atomic mass is 9.91. The van der Waals surface area contributed by atoms with E-state index in [1.807, 2.05) is 0 Å². The van der Waals surface area contributed by atoms with Crippen molar-refractivity contribution in [3.05, 3.63) is 28.7 Å². The third-order valence-corrected chi connectivity index (χ3v) is 5.96. The number of rotatable bonds is 2. The van der Waals surface area contributed by atoms with Crippen LogP contribution in [0, 0.1) is 0 Å². The van der Waals surface area contributed by atoms with Crippen LogP contribution in [-0.4, -0.2) is 43.0 Å². The molecule has 0 spiro atoms. The second-order valence-corrected chi connectivity index (χ2v) is 7.16. The highest BCUT2D eigenvalue weighted by Crippen LogP contribution is 2.31. The van der Waals surface area contributed by atoms with Gasteiger partial charge in [0, 0.05) is 18.8 Å². The molecule has 1 saturated heterocycles. The van der Waals surface area contributed by atoms with Crippen molar-refractivity contribution in [1.29, 1.82) is 0 Å². The highest BCUT2D eigenvalue weighted by molar-refractivity contribution is 7.89. The number of fused-ring (bicyclic) bond motifs is 1. The number of sulfonamides is 1. The molecule has 1 saturated carbocycles. The summed E-state index contributed by atoms with van der Waals surface area (Å²) >= 11 is 0. The first-order chi connectivity index (χ1) is 9.59. The molecule has 2 unspecified atom stereocenters. The van der Waals surface area contributed by atoms with E-state index in [4.69, 9.17) is 4.74 Å². The van der Waals surface area contributed by atoms with Crippen molar-refractivity contribution in [3.63, 3.8) is 0 Å². The Morgan fingerprint density at radius 2 is 2.05 bits per heavy atom. The minimum atomic E-state index is -3.57. The number of pyridine rings is 1. The second kappa shape index (κ2) is 5.31. The van der Waals surface area contributed by atoms with Crippen LogP contribution in [0.15, 0.2) is 28.0 Å². The number of ether oxygens (including phenoxy) is 1. The van der Waals surface area contributed by atoms with Crippen molar-refractivity contribution >= 4 is 10.0 Å². The van der Waals surface area contributed by atoms with Crippen LogP contribution in [0.1, 0.15) is 25.7 Å². The molecule has 0 amide bonds. The summed E-state index contributed by atoms with van der Waals surface area (Å²) < 4.78 is 32.7. The normalized spacial score (nSPS) is 28.0. The molecule has 6 nitrogen and oxygen atoms in total. The van der Waals surface area contributed by atoms with Crippen LogP contribution >= 0.6 is 0 Å². The highest BCUT2D eigenvalue weighted by Gasteiger charge is 2.40. The topological polar surface area (TPSA) is 79.5 Å². The number of hydrogen-bond donors (Lipinski definition) is 1. The third-order valence-electron chi connectivity index (χ3n) is 4.04. The molecule has 1 aromatic rings. The molecule has 2 atom stereocenters. The van der Waals surface area contributed by atoms with Crippen LogP contribution < -0.4 is 5.56 Å². The highest BCUT2D eigenvalue weighted by atomic mass is 32.2. The Bertz CT molecular complexity index is 618. The van der Waals surface area contributed by atoms with E-state index >= 15 is 0 Å². The Hall–Kier alpha value is -1.18. The largest absolute Gasteiger partial charge is 0.375 e. The number of hydrogen-bond acceptors (Lipinski definition) is 4. The van der Waals surface area contributed by atoms with E-state index in [2.05, 4.69) is 4.98 Å². The van der Waals surface area contributed by atoms with Crippen molar-refractivity contribution in [2.75, 3.05) is 13.2 Å². The van der Waals surface area contributed by atoms with Crippen molar-refractivity contribution in [3.8, 4) is 0 Å². The van der Waals surface area contributed by atoms with Gasteiger partial charge in [0.1, 0.15) is 0 Å². The fraction of sp³-hybridized carbons (Fsp3) is 0.615. The van der Waals surface area contributed by atoms with Gasteiger partial charge in [-0.1, -0.05) is 12.8 Å². The Labute approximate surface area is 117 Å². The predicted octanol–water partition coefficient (Wildman–Crippen LogP) is 0.707.